The molecule has 0 aliphatic rings. The second-order valence-corrected chi connectivity index (χ2v) is 8.38. The standard InChI is InChI=1S/C20H37N5O12/c1-12(26)19(36)21-14(28)7-24(10-17(32)33)5-3-23(9-16(30)31)4-6-25(11-18(34)35)8-15(29)22-20(37)13(2)27/h12-13,19-20,26-27,36-37H,3-11H2,1-2H3,(H,21,28)(H,22,29)(H,30,31)(H,32,33)(H,34,35). The summed E-state index contributed by atoms with van der Waals surface area (Å²) in [6.07, 6.45) is -5.67. The average Bonchev–Trinajstić information content (AvgIpc) is 2.73. The first kappa shape index (κ1) is 34.1. The van der Waals surface area contributed by atoms with Gasteiger partial charge in [-0.1, -0.05) is 0 Å². The highest BCUT2D eigenvalue weighted by Gasteiger charge is 2.22. The van der Waals surface area contributed by atoms with Crippen LogP contribution in [0.1, 0.15) is 13.8 Å². The van der Waals surface area contributed by atoms with Crippen molar-refractivity contribution < 1.29 is 59.7 Å². The number of aliphatic carboxylic acids is 3. The van der Waals surface area contributed by atoms with Crippen molar-refractivity contribution in [1.29, 1.82) is 0 Å². The summed E-state index contributed by atoms with van der Waals surface area (Å²) in [6.45, 7) is -0.489. The number of nitrogens with one attached hydrogen (secondary N) is 2. The van der Waals surface area contributed by atoms with E-state index in [-0.39, 0.29) is 26.2 Å². The fraction of sp³-hybridized carbons (Fsp3) is 0.750. The summed E-state index contributed by atoms with van der Waals surface area (Å²) in [5.74, 6) is -5.33. The van der Waals surface area contributed by atoms with Gasteiger partial charge in [0.15, 0.2) is 12.5 Å². The van der Waals surface area contributed by atoms with Crippen LogP contribution in [0.3, 0.4) is 0 Å². The van der Waals surface area contributed by atoms with Crippen LogP contribution in [0.4, 0.5) is 0 Å². The van der Waals surface area contributed by atoms with E-state index in [1.54, 1.807) is 0 Å². The largest absolute Gasteiger partial charge is 0.480 e. The highest BCUT2D eigenvalue weighted by atomic mass is 16.4. The van der Waals surface area contributed by atoms with Crippen LogP contribution in [0.25, 0.3) is 0 Å². The molecule has 0 aromatic rings. The zero-order valence-corrected chi connectivity index (χ0v) is 20.7. The minimum atomic E-state index is -1.57. The van der Waals surface area contributed by atoms with Crippen molar-refractivity contribution in [2.75, 3.05) is 58.9 Å². The molecule has 9 N–H and O–H groups in total. The van der Waals surface area contributed by atoms with Gasteiger partial charge in [0.2, 0.25) is 11.8 Å². The third-order valence-electron chi connectivity index (χ3n) is 4.81. The number of hydrogen-bond acceptors (Lipinski definition) is 12. The van der Waals surface area contributed by atoms with E-state index in [4.69, 9.17) is 10.2 Å². The first-order valence-corrected chi connectivity index (χ1v) is 11.2. The van der Waals surface area contributed by atoms with Gasteiger partial charge in [-0.2, -0.15) is 0 Å². The molecule has 0 rings (SSSR count). The summed E-state index contributed by atoms with van der Waals surface area (Å²) in [5, 5.41) is 69.2. The van der Waals surface area contributed by atoms with Crippen molar-refractivity contribution in [1.82, 2.24) is 25.3 Å². The molecule has 37 heavy (non-hydrogen) atoms. The normalized spacial score (nSPS) is 14.7. The minimum absolute atomic E-state index is 0.0559. The Hall–Kier alpha value is -2.93. The number of aliphatic hydroxyl groups excluding tert-OH is 4. The summed E-state index contributed by atoms with van der Waals surface area (Å²) in [5.41, 5.74) is 0. The van der Waals surface area contributed by atoms with E-state index in [2.05, 4.69) is 10.6 Å². The fourth-order valence-electron chi connectivity index (χ4n) is 2.91. The lowest BCUT2D eigenvalue weighted by molar-refractivity contribution is -0.141. The molecule has 17 heteroatoms. The molecule has 0 aliphatic carbocycles. The van der Waals surface area contributed by atoms with Gasteiger partial charge in [-0.25, -0.2) is 0 Å². The van der Waals surface area contributed by atoms with Crippen LogP contribution in [-0.2, 0) is 24.0 Å². The number of carboxylic acid groups (broad SMARTS) is 3. The molecule has 0 spiro atoms. The molecular weight excluding hydrogens is 502 g/mol. The van der Waals surface area contributed by atoms with Crippen LogP contribution < -0.4 is 10.6 Å². The Labute approximate surface area is 212 Å². The highest BCUT2D eigenvalue weighted by molar-refractivity contribution is 5.79. The molecule has 0 saturated heterocycles. The van der Waals surface area contributed by atoms with E-state index < -0.39 is 87.1 Å². The number of nitrogens with zero attached hydrogens (tertiary/aromatic N) is 3. The van der Waals surface area contributed by atoms with Crippen molar-refractivity contribution >= 4 is 29.7 Å². The maximum absolute atomic E-state index is 12.1. The molecule has 0 bridgehead atoms. The summed E-state index contributed by atoms with van der Waals surface area (Å²) >= 11 is 0. The van der Waals surface area contributed by atoms with Gasteiger partial charge in [-0.05, 0) is 13.8 Å². The number of carbonyl (C=O) groups is 5. The quantitative estimate of drug-likeness (QED) is 0.0655. The molecule has 0 heterocycles. The summed E-state index contributed by atoms with van der Waals surface area (Å²) in [4.78, 5) is 61.4. The van der Waals surface area contributed by atoms with Gasteiger partial charge in [0.1, 0.15) is 0 Å². The topological polar surface area (TPSA) is 261 Å². The lowest BCUT2D eigenvalue weighted by Gasteiger charge is -2.28. The number of carboxylic acids is 3. The zero-order chi connectivity index (χ0) is 28.7. The minimum Gasteiger partial charge on any atom is -0.480 e. The average molecular weight is 540 g/mol. The summed E-state index contributed by atoms with van der Waals surface area (Å²) in [6, 6.07) is 0. The van der Waals surface area contributed by atoms with E-state index in [1.807, 2.05) is 0 Å². The fourth-order valence-corrected chi connectivity index (χ4v) is 2.91. The lowest BCUT2D eigenvalue weighted by atomic mass is 10.3. The Morgan fingerprint density at radius 2 is 0.811 bits per heavy atom. The molecule has 4 unspecified atom stereocenters. The van der Waals surface area contributed by atoms with Crippen LogP contribution in [-0.4, -0.2) is 164 Å². The molecule has 0 aromatic carbocycles. The van der Waals surface area contributed by atoms with Crippen molar-refractivity contribution in [2.45, 2.75) is 38.5 Å². The molecule has 0 radical (unpaired) electrons. The lowest BCUT2D eigenvalue weighted by Crippen LogP contribution is -2.50. The van der Waals surface area contributed by atoms with Crippen LogP contribution in [0, 0.1) is 0 Å². The van der Waals surface area contributed by atoms with Gasteiger partial charge in [-0.3, -0.25) is 38.7 Å². The van der Waals surface area contributed by atoms with Gasteiger partial charge in [-0.15, -0.1) is 0 Å². The maximum Gasteiger partial charge on any atom is 0.317 e. The van der Waals surface area contributed by atoms with Gasteiger partial charge in [0, 0.05) is 26.2 Å². The molecule has 4 atom stereocenters. The summed E-state index contributed by atoms with van der Waals surface area (Å²) in [7, 11) is 0. The Kier molecular flexibility index (Phi) is 16.1. The van der Waals surface area contributed by atoms with E-state index in [1.165, 1.54) is 28.5 Å². The highest BCUT2D eigenvalue weighted by Crippen LogP contribution is 1.98. The Bertz CT molecular complexity index is 712. The van der Waals surface area contributed by atoms with E-state index in [0.29, 0.717) is 0 Å². The molecule has 0 aliphatic heterocycles. The van der Waals surface area contributed by atoms with Crippen molar-refractivity contribution in [3.05, 3.63) is 0 Å². The van der Waals surface area contributed by atoms with Crippen LogP contribution in [0.2, 0.25) is 0 Å². The van der Waals surface area contributed by atoms with Gasteiger partial charge in [0.05, 0.1) is 44.9 Å². The Balaban J connectivity index is 5.20. The van der Waals surface area contributed by atoms with Gasteiger partial charge >= 0.3 is 17.9 Å². The first-order chi connectivity index (χ1) is 17.1. The second-order valence-electron chi connectivity index (χ2n) is 8.38. The van der Waals surface area contributed by atoms with E-state index >= 15 is 0 Å². The molecule has 17 nitrogen and oxygen atoms in total. The molecule has 0 fully saturated rings. The maximum atomic E-state index is 12.1. The van der Waals surface area contributed by atoms with E-state index in [0.717, 1.165) is 0 Å². The molecule has 0 saturated carbocycles. The Morgan fingerprint density at radius 1 is 0.541 bits per heavy atom. The zero-order valence-electron chi connectivity index (χ0n) is 20.7. The number of carbonyl (C=O) groups excluding carboxylic acids is 2. The van der Waals surface area contributed by atoms with Crippen molar-refractivity contribution in [3.8, 4) is 0 Å². The van der Waals surface area contributed by atoms with Crippen LogP contribution in [0.15, 0.2) is 0 Å². The van der Waals surface area contributed by atoms with Gasteiger partial charge < -0.3 is 46.4 Å². The van der Waals surface area contributed by atoms with Crippen LogP contribution >= 0.6 is 0 Å². The molecule has 2 amide bonds. The Morgan fingerprint density at radius 3 is 1.08 bits per heavy atom. The monoisotopic (exact) mass is 539 g/mol. The predicted octanol–water partition coefficient (Wildman–Crippen LogP) is -5.22. The third-order valence-corrected chi connectivity index (χ3v) is 4.81. The molecule has 214 valence electrons. The molecular formula is C20H37N5O12. The summed E-state index contributed by atoms with van der Waals surface area (Å²) < 4.78 is 0. The van der Waals surface area contributed by atoms with Crippen molar-refractivity contribution in [2.24, 2.45) is 0 Å². The van der Waals surface area contributed by atoms with Crippen LogP contribution in [0.5, 0.6) is 0 Å². The SMILES string of the molecule is CC(O)C(O)NC(=O)CN(CCN(CCN(CC(=O)O)CC(=O)NC(O)C(C)O)CC(=O)O)CC(=O)O. The number of hydrogen-bond donors (Lipinski definition) is 9. The predicted molar refractivity (Wildman–Crippen MR) is 124 cm³/mol. The van der Waals surface area contributed by atoms with Crippen molar-refractivity contribution in [3.63, 3.8) is 0 Å². The second kappa shape index (κ2) is 17.5. The molecule has 0 aromatic heterocycles. The number of rotatable bonds is 20. The smallest absolute Gasteiger partial charge is 0.317 e. The first-order valence-electron chi connectivity index (χ1n) is 11.2. The number of aliphatic hydroxyl groups is 4. The van der Waals surface area contributed by atoms with E-state index in [9.17, 15) is 49.5 Å². The number of amides is 2. The van der Waals surface area contributed by atoms with Gasteiger partial charge in [0.25, 0.3) is 0 Å². The third kappa shape index (κ3) is 17.2.